The normalized spacial score (nSPS) is 34.6. The molecule has 4 fully saturated rings. The second-order valence-electron chi connectivity index (χ2n) is 11.0. The minimum Gasteiger partial charge on any atom is -0.324 e. The Morgan fingerprint density at radius 3 is 1.72 bits per heavy atom. The molecule has 4 aliphatic carbocycles. The Morgan fingerprint density at radius 2 is 1.16 bits per heavy atom. The summed E-state index contributed by atoms with van der Waals surface area (Å²) < 4.78 is 0. The van der Waals surface area contributed by atoms with Gasteiger partial charge in [-0.25, -0.2) is 0 Å². The van der Waals surface area contributed by atoms with E-state index in [4.69, 9.17) is 0 Å². The molecule has 4 aliphatic rings. The molecule has 0 spiro atoms. The molecule has 4 saturated carbocycles. The lowest BCUT2D eigenvalue weighted by atomic mass is 9.67. The maximum absolute atomic E-state index is 13.1. The summed E-state index contributed by atoms with van der Waals surface area (Å²) in [7, 11) is 0. The highest BCUT2D eigenvalue weighted by molar-refractivity contribution is 6.00. The van der Waals surface area contributed by atoms with Crippen molar-refractivity contribution in [3.8, 4) is 0 Å². The first-order valence-corrected chi connectivity index (χ1v) is 13.2. The molecule has 2 amide bonds. The number of nitrogens with zero attached hydrogens (tertiary/aromatic N) is 1. The molecule has 5 rings (SSSR count). The second-order valence-corrected chi connectivity index (χ2v) is 11.0. The molecule has 1 heterocycles. The molecule has 0 aromatic carbocycles. The predicted molar refractivity (Wildman–Crippen MR) is 127 cm³/mol. The van der Waals surface area contributed by atoms with Crippen LogP contribution in [-0.2, 0) is 9.59 Å². The van der Waals surface area contributed by atoms with Gasteiger partial charge in [-0.1, -0.05) is 51.4 Å². The second kappa shape index (κ2) is 9.93. The van der Waals surface area contributed by atoms with Crippen molar-refractivity contribution in [2.24, 2.45) is 35.5 Å². The van der Waals surface area contributed by atoms with Crippen molar-refractivity contribution in [3.63, 3.8) is 0 Å². The zero-order valence-corrected chi connectivity index (χ0v) is 19.4. The number of aromatic nitrogens is 1. The lowest BCUT2D eigenvalue weighted by Gasteiger charge is -2.39. The molecule has 0 radical (unpaired) electrons. The number of hydrogen-bond acceptors (Lipinski definition) is 3. The van der Waals surface area contributed by atoms with Crippen molar-refractivity contribution in [1.29, 1.82) is 0 Å². The van der Waals surface area contributed by atoms with E-state index in [0.29, 0.717) is 11.4 Å². The number of nitrogens with one attached hydrogen (secondary N) is 2. The molecule has 6 atom stereocenters. The molecular weight excluding hydrogens is 398 g/mol. The van der Waals surface area contributed by atoms with Gasteiger partial charge in [0.25, 0.3) is 0 Å². The van der Waals surface area contributed by atoms with Crippen molar-refractivity contribution >= 4 is 23.2 Å². The van der Waals surface area contributed by atoms with Crippen molar-refractivity contribution in [3.05, 3.63) is 18.5 Å². The van der Waals surface area contributed by atoms with Gasteiger partial charge in [0, 0.05) is 18.0 Å². The molecule has 32 heavy (non-hydrogen) atoms. The van der Waals surface area contributed by atoms with E-state index in [1.54, 1.807) is 12.4 Å². The lowest BCUT2D eigenvalue weighted by molar-refractivity contribution is -0.123. The van der Waals surface area contributed by atoms with Gasteiger partial charge >= 0.3 is 0 Å². The first kappa shape index (κ1) is 21.9. The fourth-order valence-electron chi connectivity index (χ4n) is 7.30. The maximum Gasteiger partial charge on any atom is 0.227 e. The van der Waals surface area contributed by atoms with E-state index < -0.39 is 0 Å². The van der Waals surface area contributed by atoms with E-state index in [-0.39, 0.29) is 23.7 Å². The molecule has 5 nitrogen and oxygen atoms in total. The molecule has 1 aromatic rings. The van der Waals surface area contributed by atoms with E-state index in [2.05, 4.69) is 15.6 Å². The summed E-state index contributed by atoms with van der Waals surface area (Å²) >= 11 is 0. The van der Waals surface area contributed by atoms with Crippen molar-refractivity contribution in [2.45, 2.75) is 89.9 Å². The standard InChI is InChI=1S/C27H39N3O2/c31-26(22-11-9-18-5-1-3-7-20(18)15-22)29-24-13-14-28-17-25(24)30-27(32)23-12-10-19-6-2-4-8-21(19)16-23/h13-14,17-23H,1-12,15-16H2,(H,30,32)(H,28,29,31). The first-order valence-electron chi connectivity index (χ1n) is 13.2. The Kier molecular flexibility index (Phi) is 6.80. The van der Waals surface area contributed by atoms with Crippen LogP contribution in [0.2, 0.25) is 0 Å². The highest BCUT2D eigenvalue weighted by Crippen LogP contribution is 2.44. The van der Waals surface area contributed by atoms with Crippen LogP contribution < -0.4 is 10.6 Å². The van der Waals surface area contributed by atoms with Crippen molar-refractivity contribution in [1.82, 2.24) is 4.98 Å². The number of anilines is 2. The van der Waals surface area contributed by atoms with E-state index in [1.807, 2.05) is 6.07 Å². The molecule has 1 aromatic heterocycles. The molecule has 174 valence electrons. The fourth-order valence-corrected chi connectivity index (χ4v) is 7.30. The van der Waals surface area contributed by atoms with Crippen LogP contribution >= 0.6 is 0 Å². The highest BCUT2D eigenvalue weighted by Gasteiger charge is 2.36. The van der Waals surface area contributed by atoms with Crippen LogP contribution in [-0.4, -0.2) is 16.8 Å². The summed E-state index contributed by atoms with van der Waals surface area (Å²) in [6.07, 6.45) is 20.4. The summed E-state index contributed by atoms with van der Waals surface area (Å²) in [6, 6.07) is 1.82. The van der Waals surface area contributed by atoms with Gasteiger partial charge in [0.15, 0.2) is 0 Å². The molecule has 2 N–H and O–H groups in total. The van der Waals surface area contributed by atoms with Crippen molar-refractivity contribution < 1.29 is 9.59 Å². The quantitative estimate of drug-likeness (QED) is 0.591. The van der Waals surface area contributed by atoms with E-state index in [0.717, 1.165) is 49.4 Å². The van der Waals surface area contributed by atoms with E-state index >= 15 is 0 Å². The van der Waals surface area contributed by atoms with Crippen LogP contribution in [0.4, 0.5) is 11.4 Å². The average Bonchev–Trinajstić information content (AvgIpc) is 2.84. The Bertz CT molecular complexity index is 758. The van der Waals surface area contributed by atoms with E-state index in [1.165, 1.54) is 64.2 Å². The number of rotatable bonds is 4. The summed E-state index contributed by atoms with van der Waals surface area (Å²) in [5, 5.41) is 6.25. The first-order chi connectivity index (χ1) is 15.7. The summed E-state index contributed by atoms with van der Waals surface area (Å²) in [5.41, 5.74) is 1.33. The third kappa shape index (κ3) is 4.87. The van der Waals surface area contributed by atoms with Gasteiger partial charge in [-0.15, -0.1) is 0 Å². The van der Waals surface area contributed by atoms with Gasteiger partial charge < -0.3 is 10.6 Å². The van der Waals surface area contributed by atoms with Crippen LogP contribution in [0.3, 0.4) is 0 Å². The number of fused-ring (bicyclic) bond motifs is 2. The SMILES string of the molecule is O=C(Nc1ccncc1NC(=O)C1CCC2CCCCC2C1)C1CCC2CCCCC2C1. The Hall–Kier alpha value is -1.91. The van der Waals surface area contributed by atoms with Gasteiger partial charge in [-0.05, 0) is 68.3 Å². The zero-order valence-electron chi connectivity index (χ0n) is 19.4. The Balaban J connectivity index is 1.19. The van der Waals surface area contributed by atoms with Crippen LogP contribution in [0.25, 0.3) is 0 Å². The lowest BCUT2D eigenvalue weighted by Crippen LogP contribution is -2.35. The smallest absolute Gasteiger partial charge is 0.227 e. The predicted octanol–water partition coefficient (Wildman–Crippen LogP) is 6.17. The number of carbonyl (C=O) groups is 2. The van der Waals surface area contributed by atoms with Gasteiger partial charge in [0.1, 0.15) is 0 Å². The van der Waals surface area contributed by atoms with Gasteiger partial charge in [-0.3, -0.25) is 14.6 Å². The van der Waals surface area contributed by atoms with Gasteiger partial charge in [0.05, 0.1) is 17.6 Å². The summed E-state index contributed by atoms with van der Waals surface area (Å²) in [5.74, 6) is 3.49. The third-order valence-electron chi connectivity index (χ3n) is 9.16. The van der Waals surface area contributed by atoms with Gasteiger partial charge in [0.2, 0.25) is 11.8 Å². The monoisotopic (exact) mass is 437 g/mol. The van der Waals surface area contributed by atoms with Crippen LogP contribution in [0.1, 0.15) is 89.9 Å². The molecule has 0 aliphatic heterocycles. The number of carbonyl (C=O) groups excluding carboxylic acids is 2. The number of hydrogen-bond donors (Lipinski definition) is 2. The number of pyridine rings is 1. The average molecular weight is 438 g/mol. The van der Waals surface area contributed by atoms with Crippen LogP contribution in [0, 0.1) is 35.5 Å². The van der Waals surface area contributed by atoms with E-state index in [9.17, 15) is 9.59 Å². The van der Waals surface area contributed by atoms with Crippen molar-refractivity contribution in [2.75, 3.05) is 10.6 Å². The maximum atomic E-state index is 13.1. The third-order valence-corrected chi connectivity index (χ3v) is 9.16. The molecule has 0 saturated heterocycles. The molecule has 5 heteroatoms. The topological polar surface area (TPSA) is 71.1 Å². The Labute approximate surface area is 192 Å². The Morgan fingerprint density at radius 1 is 0.656 bits per heavy atom. The van der Waals surface area contributed by atoms with Crippen LogP contribution in [0.5, 0.6) is 0 Å². The fraction of sp³-hybridized carbons (Fsp3) is 0.741. The zero-order chi connectivity index (χ0) is 21.9. The van der Waals surface area contributed by atoms with Crippen LogP contribution in [0.15, 0.2) is 18.5 Å². The minimum absolute atomic E-state index is 0.0830. The molecule has 6 unspecified atom stereocenters. The largest absolute Gasteiger partial charge is 0.324 e. The summed E-state index contributed by atoms with van der Waals surface area (Å²) in [6.45, 7) is 0. The highest BCUT2D eigenvalue weighted by atomic mass is 16.2. The number of amides is 2. The van der Waals surface area contributed by atoms with Gasteiger partial charge in [-0.2, -0.15) is 0 Å². The molecule has 0 bridgehead atoms. The minimum atomic E-state index is 0.0830. The summed E-state index contributed by atoms with van der Waals surface area (Å²) in [4.78, 5) is 30.4. The molecular formula is C27H39N3O2.